The maximum Gasteiger partial charge on any atom is 0.120 e. The number of rotatable bonds is 2. The molecule has 5 heteroatoms. The number of hydrogen-bond donors (Lipinski definition) is 0. The fourth-order valence-corrected chi connectivity index (χ4v) is 2.40. The molecule has 3 rings (SSSR count). The molecule has 0 aromatic carbocycles. The summed E-state index contributed by atoms with van der Waals surface area (Å²) < 4.78 is 1.78. The third kappa shape index (κ3) is 1.97. The van der Waals surface area contributed by atoms with E-state index >= 15 is 0 Å². The van der Waals surface area contributed by atoms with E-state index in [0.29, 0.717) is 0 Å². The van der Waals surface area contributed by atoms with E-state index in [0.717, 1.165) is 22.0 Å². The van der Waals surface area contributed by atoms with Crippen molar-refractivity contribution in [2.24, 2.45) is 0 Å². The lowest BCUT2D eigenvalue weighted by Crippen LogP contribution is -1.90. The van der Waals surface area contributed by atoms with Crippen LogP contribution in [0.3, 0.4) is 0 Å². The molecule has 3 aromatic heterocycles. The minimum Gasteiger partial charge on any atom is -0.256 e. The first kappa shape index (κ1) is 10.2. The van der Waals surface area contributed by atoms with Crippen molar-refractivity contribution in [2.75, 3.05) is 0 Å². The second-order valence-electron chi connectivity index (χ2n) is 3.69. The van der Waals surface area contributed by atoms with Crippen LogP contribution in [0.25, 0.3) is 16.3 Å². The van der Waals surface area contributed by atoms with Gasteiger partial charge in [0.05, 0.1) is 17.6 Å². The van der Waals surface area contributed by atoms with Gasteiger partial charge in [0.25, 0.3) is 0 Å². The SMILES string of the molecule is Cc1cn(-c2cc(-c3ccccn3)cs2)nn1. The lowest BCUT2D eigenvalue weighted by atomic mass is 10.2. The molecule has 17 heavy (non-hydrogen) atoms. The molecule has 0 fully saturated rings. The largest absolute Gasteiger partial charge is 0.256 e. The van der Waals surface area contributed by atoms with Crippen molar-refractivity contribution in [3.8, 4) is 16.3 Å². The van der Waals surface area contributed by atoms with Crippen LogP contribution in [0.4, 0.5) is 0 Å². The molecule has 0 N–H and O–H groups in total. The standard InChI is InChI=1S/C12H10N4S/c1-9-7-16(15-14-9)12-6-10(8-17-12)11-4-2-3-5-13-11/h2-8H,1H3. The molecule has 0 aliphatic rings. The summed E-state index contributed by atoms with van der Waals surface area (Å²) in [5, 5.41) is 11.2. The van der Waals surface area contributed by atoms with E-state index in [1.165, 1.54) is 0 Å². The highest BCUT2D eigenvalue weighted by Crippen LogP contribution is 2.25. The molecule has 0 radical (unpaired) electrons. The number of nitrogens with zero attached hydrogens (tertiary/aromatic N) is 4. The highest BCUT2D eigenvalue weighted by atomic mass is 32.1. The Bertz CT molecular complexity index is 627. The summed E-state index contributed by atoms with van der Waals surface area (Å²) in [5.74, 6) is 0. The van der Waals surface area contributed by atoms with Crippen molar-refractivity contribution < 1.29 is 0 Å². The van der Waals surface area contributed by atoms with Crippen LogP contribution in [-0.2, 0) is 0 Å². The van der Waals surface area contributed by atoms with Crippen LogP contribution in [0.2, 0.25) is 0 Å². The molecule has 0 amide bonds. The van der Waals surface area contributed by atoms with Crippen LogP contribution in [0.15, 0.2) is 42.0 Å². The molecule has 3 aromatic rings. The van der Waals surface area contributed by atoms with Gasteiger partial charge in [0.2, 0.25) is 0 Å². The molecule has 0 saturated heterocycles. The number of pyridine rings is 1. The Morgan fingerprint density at radius 1 is 1.29 bits per heavy atom. The maximum absolute atomic E-state index is 4.32. The van der Waals surface area contributed by atoms with Crippen molar-refractivity contribution >= 4 is 11.3 Å². The monoisotopic (exact) mass is 242 g/mol. The molecule has 0 aliphatic carbocycles. The Morgan fingerprint density at radius 2 is 2.24 bits per heavy atom. The minimum atomic E-state index is 0.915. The summed E-state index contributed by atoms with van der Waals surface area (Å²) in [6.07, 6.45) is 3.71. The molecule has 0 spiro atoms. The van der Waals surface area contributed by atoms with Crippen LogP contribution >= 0.6 is 11.3 Å². The molecular weight excluding hydrogens is 232 g/mol. The van der Waals surface area contributed by atoms with Gasteiger partial charge in [-0.2, -0.15) is 0 Å². The summed E-state index contributed by atoms with van der Waals surface area (Å²) in [7, 11) is 0. The van der Waals surface area contributed by atoms with Gasteiger partial charge in [-0.25, -0.2) is 4.68 Å². The van der Waals surface area contributed by atoms with Crippen molar-refractivity contribution in [2.45, 2.75) is 6.92 Å². The zero-order valence-electron chi connectivity index (χ0n) is 9.24. The fourth-order valence-electron chi connectivity index (χ4n) is 1.57. The minimum absolute atomic E-state index is 0.915. The summed E-state index contributed by atoms with van der Waals surface area (Å²) in [6, 6.07) is 7.97. The van der Waals surface area contributed by atoms with E-state index in [9.17, 15) is 0 Å². The van der Waals surface area contributed by atoms with Gasteiger partial charge >= 0.3 is 0 Å². The van der Waals surface area contributed by atoms with Gasteiger partial charge in [-0.05, 0) is 25.1 Å². The van der Waals surface area contributed by atoms with Crippen LogP contribution in [0, 0.1) is 6.92 Å². The van der Waals surface area contributed by atoms with Crippen LogP contribution in [0.1, 0.15) is 5.69 Å². The van der Waals surface area contributed by atoms with Crippen LogP contribution in [0.5, 0.6) is 0 Å². The first-order chi connectivity index (χ1) is 8.33. The first-order valence-electron chi connectivity index (χ1n) is 5.22. The molecule has 3 heterocycles. The average Bonchev–Trinajstić information content (AvgIpc) is 2.98. The fraction of sp³-hybridized carbons (Fsp3) is 0.0833. The Morgan fingerprint density at radius 3 is 2.94 bits per heavy atom. The molecule has 0 bridgehead atoms. The van der Waals surface area contributed by atoms with Gasteiger partial charge < -0.3 is 0 Å². The lowest BCUT2D eigenvalue weighted by molar-refractivity contribution is 0.812. The number of aromatic nitrogens is 4. The van der Waals surface area contributed by atoms with E-state index in [1.807, 2.05) is 31.3 Å². The van der Waals surface area contributed by atoms with Gasteiger partial charge in [-0.1, -0.05) is 11.3 Å². The Kier molecular flexibility index (Phi) is 2.45. The predicted molar refractivity (Wildman–Crippen MR) is 67.2 cm³/mol. The summed E-state index contributed by atoms with van der Waals surface area (Å²) >= 11 is 1.63. The number of thiophene rings is 1. The van der Waals surface area contributed by atoms with Crippen molar-refractivity contribution in [3.05, 3.63) is 47.7 Å². The van der Waals surface area contributed by atoms with Gasteiger partial charge in [0.1, 0.15) is 5.00 Å². The molecule has 0 aliphatic heterocycles. The highest BCUT2D eigenvalue weighted by molar-refractivity contribution is 7.13. The van der Waals surface area contributed by atoms with E-state index in [-0.39, 0.29) is 0 Å². The van der Waals surface area contributed by atoms with Crippen molar-refractivity contribution in [3.63, 3.8) is 0 Å². The summed E-state index contributed by atoms with van der Waals surface area (Å²) in [6.45, 7) is 1.93. The normalized spacial score (nSPS) is 10.6. The van der Waals surface area contributed by atoms with Gasteiger partial charge in [0.15, 0.2) is 0 Å². The van der Waals surface area contributed by atoms with Gasteiger partial charge in [0, 0.05) is 17.1 Å². The zero-order valence-corrected chi connectivity index (χ0v) is 10.1. The topological polar surface area (TPSA) is 43.6 Å². The first-order valence-corrected chi connectivity index (χ1v) is 6.10. The quantitative estimate of drug-likeness (QED) is 0.694. The van der Waals surface area contributed by atoms with E-state index < -0.39 is 0 Å². The summed E-state index contributed by atoms with van der Waals surface area (Å²) in [4.78, 5) is 4.32. The Balaban J connectivity index is 1.99. The van der Waals surface area contributed by atoms with Crippen molar-refractivity contribution in [1.82, 2.24) is 20.0 Å². The average molecular weight is 242 g/mol. The Hall–Kier alpha value is -2.01. The smallest absolute Gasteiger partial charge is 0.120 e. The number of aryl methyl sites for hydroxylation is 1. The second kappa shape index (κ2) is 4.10. The van der Waals surface area contributed by atoms with E-state index in [1.54, 1.807) is 22.2 Å². The predicted octanol–water partition coefficient (Wildman–Crippen LogP) is 2.70. The zero-order chi connectivity index (χ0) is 11.7. The van der Waals surface area contributed by atoms with E-state index in [4.69, 9.17) is 0 Å². The van der Waals surface area contributed by atoms with Gasteiger partial charge in [-0.3, -0.25) is 4.98 Å². The van der Waals surface area contributed by atoms with Gasteiger partial charge in [-0.15, -0.1) is 16.4 Å². The molecule has 0 saturated carbocycles. The summed E-state index contributed by atoms with van der Waals surface area (Å²) in [5.41, 5.74) is 3.00. The maximum atomic E-state index is 4.32. The number of hydrogen-bond acceptors (Lipinski definition) is 4. The van der Waals surface area contributed by atoms with Crippen LogP contribution < -0.4 is 0 Å². The molecule has 0 atom stereocenters. The molecule has 0 unspecified atom stereocenters. The third-order valence-corrected chi connectivity index (χ3v) is 3.30. The van der Waals surface area contributed by atoms with Crippen LogP contribution in [-0.4, -0.2) is 20.0 Å². The Labute approximate surface area is 103 Å². The van der Waals surface area contributed by atoms with E-state index in [2.05, 4.69) is 26.7 Å². The lowest BCUT2D eigenvalue weighted by Gasteiger charge is -1.94. The van der Waals surface area contributed by atoms with Crippen molar-refractivity contribution in [1.29, 1.82) is 0 Å². The highest BCUT2D eigenvalue weighted by Gasteiger charge is 2.06. The second-order valence-corrected chi connectivity index (χ2v) is 4.58. The molecule has 4 nitrogen and oxygen atoms in total. The molecule has 84 valence electrons. The third-order valence-electron chi connectivity index (χ3n) is 2.38. The molecular formula is C12H10N4S.